The van der Waals surface area contributed by atoms with Gasteiger partial charge >= 0.3 is 0 Å². The second-order valence-electron chi connectivity index (χ2n) is 6.11. The molecule has 0 aromatic heterocycles. The summed E-state index contributed by atoms with van der Waals surface area (Å²) in [6, 6.07) is 9.09. The van der Waals surface area contributed by atoms with Crippen LogP contribution in [-0.4, -0.2) is 17.5 Å². The fourth-order valence-electron chi connectivity index (χ4n) is 2.56. The Hall–Kier alpha value is -0.470. The molecule has 2 heteroatoms. The average Bonchev–Trinajstić information content (AvgIpc) is 2.45. The van der Waals surface area contributed by atoms with E-state index in [0.29, 0.717) is 4.75 Å². The molecule has 0 bridgehead atoms. The first-order valence-electron chi connectivity index (χ1n) is 7.89. The summed E-state index contributed by atoms with van der Waals surface area (Å²) in [7, 11) is 0. The lowest BCUT2D eigenvalue weighted by atomic mass is 10.0. The molecule has 0 heterocycles. The summed E-state index contributed by atoms with van der Waals surface area (Å²) in [6.45, 7) is 11.2. The molecule has 0 fully saturated rings. The van der Waals surface area contributed by atoms with Crippen molar-refractivity contribution in [3.05, 3.63) is 35.4 Å². The summed E-state index contributed by atoms with van der Waals surface area (Å²) in [4.78, 5) is 0. The highest BCUT2D eigenvalue weighted by molar-refractivity contribution is 8.00. The van der Waals surface area contributed by atoms with E-state index in [4.69, 9.17) is 0 Å². The molecule has 0 aliphatic carbocycles. The van der Waals surface area contributed by atoms with Gasteiger partial charge in [0.25, 0.3) is 0 Å². The van der Waals surface area contributed by atoms with Crippen LogP contribution in [0, 0.1) is 5.92 Å². The van der Waals surface area contributed by atoms with E-state index >= 15 is 0 Å². The average molecular weight is 294 g/mol. The molecule has 0 amide bonds. The molecule has 1 aromatic rings. The zero-order valence-electron chi connectivity index (χ0n) is 13.8. The zero-order valence-corrected chi connectivity index (χ0v) is 14.6. The monoisotopic (exact) mass is 293 g/mol. The Morgan fingerprint density at radius 2 is 1.60 bits per heavy atom. The molecule has 1 aromatic carbocycles. The number of nitrogens with one attached hydrogen (secondary N) is 1. The van der Waals surface area contributed by atoms with Crippen LogP contribution in [0.15, 0.2) is 24.3 Å². The second-order valence-corrected chi connectivity index (χ2v) is 7.39. The Balaban J connectivity index is 2.46. The summed E-state index contributed by atoms with van der Waals surface area (Å²) in [6.07, 6.45) is 5.86. The molecule has 20 heavy (non-hydrogen) atoms. The lowest BCUT2D eigenvalue weighted by Gasteiger charge is -2.30. The van der Waals surface area contributed by atoms with Gasteiger partial charge in [-0.1, -0.05) is 52.0 Å². The Labute approximate surface area is 129 Å². The van der Waals surface area contributed by atoms with E-state index in [1.807, 2.05) is 11.8 Å². The van der Waals surface area contributed by atoms with Gasteiger partial charge in [0.05, 0.1) is 0 Å². The van der Waals surface area contributed by atoms with E-state index in [2.05, 4.69) is 63.5 Å². The fourth-order valence-corrected chi connectivity index (χ4v) is 3.38. The van der Waals surface area contributed by atoms with Gasteiger partial charge < -0.3 is 5.32 Å². The zero-order chi connectivity index (χ0) is 15.0. The Morgan fingerprint density at radius 3 is 2.05 bits per heavy atom. The Kier molecular flexibility index (Phi) is 7.68. The van der Waals surface area contributed by atoms with E-state index in [1.54, 1.807) is 0 Å². The maximum absolute atomic E-state index is 3.63. The largest absolute Gasteiger partial charge is 0.311 e. The number of benzene rings is 1. The maximum atomic E-state index is 3.63. The molecular weight excluding hydrogens is 262 g/mol. The molecule has 0 atom stereocenters. The van der Waals surface area contributed by atoms with Crippen molar-refractivity contribution in [3.8, 4) is 0 Å². The SMILES string of the molecule is CCC(CC)(CNCc1ccc(CC(C)C)cc1)SC. The van der Waals surface area contributed by atoms with Crippen LogP contribution in [0.5, 0.6) is 0 Å². The third-order valence-electron chi connectivity index (χ3n) is 4.16. The first-order chi connectivity index (χ1) is 9.55. The molecule has 0 unspecified atom stereocenters. The highest BCUT2D eigenvalue weighted by Gasteiger charge is 2.23. The van der Waals surface area contributed by atoms with Gasteiger partial charge in [-0.25, -0.2) is 0 Å². The number of thioether (sulfide) groups is 1. The van der Waals surface area contributed by atoms with Crippen LogP contribution >= 0.6 is 11.8 Å². The molecule has 0 saturated carbocycles. The Bertz CT molecular complexity index is 357. The molecule has 0 spiro atoms. The van der Waals surface area contributed by atoms with Crippen LogP contribution in [0.3, 0.4) is 0 Å². The smallest absolute Gasteiger partial charge is 0.0276 e. The predicted molar refractivity (Wildman–Crippen MR) is 93.5 cm³/mol. The van der Waals surface area contributed by atoms with E-state index in [-0.39, 0.29) is 0 Å². The van der Waals surface area contributed by atoms with Crippen molar-refractivity contribution in [2.45, 2.75) is 58.2 Å². The topological polar surface area (TPSA) is 12.0 Å². The lowest BCUT2D eigenvalue weighted by Crippen LogP contribution is -2.36. The minimum atomic E-state index is 0.400. The van der Waals surface area contributed by atoms with Gasteiger partial charge in [0.2, 0.25) is 0 Å². The van der Waals surface area contributed by atoms with Crippen LogP contribution in [0.1, 0.15) is 51.7 Å². The number of hydrogen-bond acceptors (Lipinski definition) is 2. The fraction of sp³-hybridized carbons (Fsp3) is 0.667. The van der Waals surface area contributed by atoms with Gasteiger partial charge in [0, 0.05) is 17.8 Å². The van der Waals surface area contributed by atoms with Crippen molar-refractivity contribution in [3.63, 3.8) is 0 Å². The van der Waals surface area contributed by atoms with E-state index < -0.39 is 0 Å². The third kappa shape index (κ3) is 5.49. The predicted octanol–water partition coefficient (Wildman–Crippen LogP) is 4.90. The first-order valence-corrected chi connectivity index (χ1v) is 9.11. The molecule has 0 radical (unpaired) electrons. The second kappa shape index (κ2) is 8.74. The van der Waals surface area contributed by atoms with Gasteiger partial charge in [0.15, 0.2) is 0 Å². The van der Waals surface area contributed by atoms with Crippen LogP contribution in [0.2, 0.25) is 0 Å². The molecule has 0 aliphatic rings. The standard InChI is InChI=1S/C18H31NS/c1-6-18(7-2,20-5)14-19-13-17-10-8-16(9-11-17)12-15(3)4/h8-11,15,19H,6-7,12-14H2,1-5H3. The quantitative estimate of drug-likeness (QED) is 0.695. The van der Waals surface area contributed by atoms with Gasteiger partial charge in [-0.2, -0.15) is 11.8 Å². The van der Waals surface area contributed by atoms with Crippen molar-refractivity contribution >= 4 is 11.8 Å². The van der Waals surface area contributed by atoms with Crippen LogP contribution in [-0.2, 0) is 13.0 Å². The van der Waals surface area contributed by atoms with E-state index in [0.717, 1.165) is 19.0 Å². The molecule has 0 aliphatic heterocycles. The summed E-state index contributed by atoms with van der Waals surface area (Å²) in [5.74, 6) is 0.732. The number of rotatable bonds is 9. The van der Waals surface area contributed by atoms with Gasteiger partial charge in [-0.05, 0) is 42.6 Å². The van der Waals surface area contributed by atoms with Crippen molar-refractivity contribution in [2.75, 3.05) is 12.8 Å². The highest BCUT2D eigenvalue weighted by atomic mass is 32.2. The van der Waals surface area contributed by atoms with Crippen molar-refractivity contribution < 1.29 is 0 Å². The maximum Gasteiger partial charge on any atom is 0.0276 e. The minimum Gasteiger partial charge on any atom is -0.311 e. The summed E-state index contributed by atoms with van der Waals surface area (Å²) in [5, 5.41) is 3.63. The Morgan fingerprint density at radius 1 is 1.05 bits per heavy atom. The van der Waals surface area contributed by atoms with Crippen molar-refractivity contribution in [1.82, 2.24) is 5.32 Å². The molecule has 1 N–H and O–H groups in total. The number of hydrogen-bond donors (Lipinski definition) is 1. The molecule has 1 nitrogen and oxygen atoms in total. The molecule has 1 rings (SSSR count). The third-order valence-corrected chi connectivity index (χ3v) is 5.75. The van der Waals surface area contributed by atoms with Gasteiger partial charge in [0.1, 0.15) is 0 Å². The summed E-state index contributed by atoms with van der Waals surface area (Å²) in [5.41, 5.74) is 2.84. The summed E-state index contributed by atoms with van der Waals surface area (Å²) >= 11 is 2.00. The van der Waals surface area contributed by atoms with Gasteiger partial charge in [-0.3, -0.25) is 0 Å². The normalized spacial score (nSPS) is 12.1. The highest BCUT2D eigenvalue weighted by Crippen LogP contribution is 2.29. The summed E-state index contributed by atoms with van der Waals surface area (Å²) < 4.78 is 0.400. The minimum absolute atomic E-state index is 0.400. The van der Waals surface area contributed by atoms with Gasteiger partial charge in [-0.15, -0.1) is 0 Å². The van der Waals surface area contributed by atoms with Crippen molar-refractivity contribution in [2.24, 2.45) is 5.92 Å². The molecule has 0 saturated heterocycles. The first kappa shape index (κ1) is 17.6. The van der Waals surface area contributed by atoms with Crippen LogP contribution in [0.4, 0.5) is 0 Å². The van der Waals surface area contributed by atoms with Crippen LogP contribution < -0.4 is 5.32 Å². The van der Waals surface area contributed by atoms with Crippen LogP contribution in [0.25, 0.3) is 0 Å². The lowest BCUT2D eigenvalue weighted by molar-refractivity contribution is 0.495. The van der Waals surface area contributed by atoms with E-state index in [1.165, 1.54) is 30.4 Å². The molecule has 114 valence electrons. The molecular formula is C18H31NS. The van der Waals surface area contributed by atoms with E-state index in [9.17, 15) is 0 Å². The van der Waals surface area contributed by atoms with Crippen molar-refractivity contribution in [1.29, 1.82) is 0 Å².